The van der Waals surface area contributed by atoms with Crippen LogP contribution in [0.1, 0.15) is 39.2 Å². The number of nitrogens with zero attached hydrogens (tertiary/aromatic N) is 1. The van der Waals surface area contributed by atoms with Crippen molar-refractivity contribution >= 4 is 40.7 Å². The molecule has 0 atom stereocenters. The lowest BCUT2D eigenvalue weighted by molar-refractivity contribution is -0.145. The maximum atomic E-state index is 12.4. The van der Waals surface area contributed by atoms with Gasteiger partial charge < -0.3 is 24.1 Å². The average molecular weight is 478 g/mol. The van der Waals surface area contributed by atoms with Crippen LogP contribution in [-0.2, 0) is 23.9 Å². The summed E-state index contributed by atoms with van der Waals surface area (Å²) < 4.78 is 20.6. The van der Waals surface area contributed by atoms with Crippen LogP contribution in [0.5, 0.6) is 11.5 Å². The average Bonchev–Trinajstić information content (AvgIpc) is 3.07. The second-order valence-electron chi connectivity index (χ2n) is 6.62. The van der Waals surface area contributed by atoms with E-state index in [4.69, 9.17) is 18.9 Å². The summed E-state index contributed by atoms with van der Waals surface area (Å²) in [4.78, 5) is 40.2. The van der Waals surface area contributed by atoms with Gasteiger partial charge in [0.15, 0.2) is 18.1 Å². The molecule has 1 aliphatic rings. The number of thioether (sulfide) groups is 1. The summed E-state index contributed by atoms with van der Waals surface area (Å²) in [7, 11) is 1.45. The Labute approximate surface area is 196 Å². The first-order valence-corrected chi connectivity index (χ1v) is 11.2. The standard InChI is InChI=1S/C23H27NO8S/c1-5-8-18(25)24-22-20(23(28)31-7-3)21(27)17(33-22)12-14-9-10-15(16(11-14)29-4)32-13-19(26)30-6-2/h9-12,27H,5-8,13H2,1-4H3/b17-12-,24-22?. The van der Waals surface area contributed by atoms with Crippen LogP contribution in [0.3, 0.4) is 0 Å². The van der Waals surface area contributed by atoms with E-state index in [-0.39, 0.29) is 48.5 Å². The molecule has 1 aliphatic heterocycles. The van der Waals surface area contributed by atoms with E-state index >= 15 is 0 Å². The minimum Gasteiger partial charge on any atom is -0.506 e. The first kappa shape index (κ1) is 26.0. The lowest BCUT2D eigenvalue weighted by Gasteiger charge is -2.11. The van der Waals surface area contributed by atoms with Gasteiger partial charge in [-0.1, -0.05) is 24.8 Å². The molecule has 1 aromatic rings. The highest BCUT2D eigenvalue weighted by Gasteiger charge is 2.33. The summed E-state index contributed by atoms with van der Waals surface area (Å²) >= 11 is 0.999. The first-order valence-electron chi connectivity index (χ1n) is 10.4. The van der Waals surface area contributed by atoms with Crippen molar-refractivity contribution in [2.24, 2.45) is 4.99 Å². The lowest BCUT2D eigenvalue weighted by atomic mass is 10.1. The summed E-state index contributed by atoms with van der Waals surface area (Å²) in [5.74, 6) is -1.26. The van der Waals surface area contributed by atoms with Gasteiger partial charge in [0.2, 0.25) is 5.91 Å². The number of methoxy groups -OCH3 is 1. The molecule has 9 nitrogen and oxygen atoms in total. The maximum Gasteiger partial charge on any atom is 0.344 e. The van der Waals surface area contributed by atoms with Crippen LogP contribution < -0.4 is 9.47 Å². The quantitative estimate of drug-likeness (QED) is 0.501. The van der Waals surface area contributed by atoms with Gasteiger partial charge in [-0.2, -0.15) is 0 Å². The molecule has 0 saturated heterocycles. The van der Waals surface area contributed by atoms with E-state index in [9.17, 15) is 19.5 Å². The molecule has 1 aromatic carbocycles. The molecule has 0 bridgehead atoms. The zero-order chi connectivity index (χ0) is 24.4. The van der Waals surface area contributed by atoms with E-state index in [1.165, 1.54) is 7.11 Å². The summed E-state index contributed by atoms with van der Waals surface area (Å²) in [5, 5.41) is 10.8. The molecule has 0 spiro atoms. The van der Waals surface area contributed by atoms with E-state index in [2.05, 4.69) is 4.99 Å². The zero-order valence-electron chi connectivity index (χ0n) is 19.0. The first-order chi connectivity index (χ1) is 15.8. The van der Waals surface area contributed by atoms with Gasteiger partial charge in [0.1, 0.15) is 16.4 Å². The molecular weight excluding hydrogens is 450 g/mol. The monoisotopic (exact) mass is 477 g/mol. The maximum absolute atomic E-state index is 12.4. The number of amides is 1. The van der Waals surface area contributed by atoms with Crippen molar-refractivity contribution < 1.29 is 38.4 Å². The van der Waals surface area contributed by atoms with Crippen molar-refractivity contribution in [1.82, 2.24) is 0 Å². The Morgan fingerprint density at radius 3 is 2.45 bits per heavy atom. The van der Waals surface area contributed by atoms with Crippen LogP contribution in [0.25, 0.3) is 6.08 Å². The number of carbonyl (C=O) groups excluding carboxylic acids is 3. The summed E-state index contributed by atoms with van der Waals surface area (Å²) in [5.41, 5.74) is 0.479. The Hall–Kier alpha value is -3.27. The van der Waals surface area contributed by atoms with Crippen LogP contribution in [0.4, 0.5) is 0 Å². The van der Waals surface area contributed by atoms with Crippen molar-refractivity contribution in [3.05, 3.63) is 40.0 Å². The van der Waals surface area contributed by atoms with Crippen molar-refractivity contribution in [3.8, 4) is 11.5 Å². The predicted octanol–water partition coefficient (Wildman–Crippen LogP) is 3.83. The molecule has 0 saturated carbocycles. The highest BCUT2D eigenvalue weighted by atomic mass is 32.2. The molecule has 1 heterocycles. The van der Waals surface area contributed by atoms with E-state index in [0.29, 0.717) is 28.4 Å². The lowest BCUT2D eigenvalue weighted by Crippen LogP contribution is -2.14. The highest BCUT2D eigenvalue weighted by Crippen LogP contribution is 2.40. The third-order valence-electron chi connectivity index (χ3n) is 4.20. The molecule has 0 fully saturated rings. The van der Waals surface area contributed by atoms with Gasteiger partial charge in [-0.15, -0.1) is 0 Å². The Morgan fingerprint density at radius 1 is 1.09 bits per heavy atom. The van der Waals surface area contributed by atoms with E-state index < -0.39 is 11.9 Å². The van der Waals surface area contributed by atoms with E-state index in [1.54, 1.807) is 38.1 Å². The summed E-state index contributed by atoms with van der Waals surface area (Å²) in [6.45, 7) is 5.29. The number of benzene rings is 1. The predicted molar refractivity (Wildman–Crippen MR) is 124 cm³/mol. The van der Waals surface area contributed by atoms with E-state index in [0.717, 1.165) is 11.8 Å². The summed E-state index contributed by atoms with van der Waals surface area (Å²) in [6.07, 6.45) is 2.45. The number of carbonyl (C=O) groups is 3. The SMILES string of the molecule is CCCC(=O)N=C1S/C(=C\c2ccc(OCC(=O)OCC)c(OC)c2)C(O)=C1C(=O)OCC. The van der Waals surface area contributed by atoms with Gasteiger partial charge in [-0.3, -0.25) is 4.79 Å². The highest BCUT2D eigenvalue weighted by molar-refractivity contribution is 8.18. The normalized spacial score (nSPS) is 15.6. The Bertz CT molecular complexity index is 996. The fraction of sp³-hybridized carbons (Fsp3) is 0.391. The molecule has 0 radical (unpaired) electrons. The van der Waals surface area contributed by atoms with Crippen LogP contribution in [0, 0.1) is 0 Å². The minimum absolute atomic E-state index is 0.0944. The third-order valence-corrected chi connectivity index (χ3v) is 5.22. The van der Waals surface area contributed by atoms with Crippen LogP contribution in [0.2, 0.25) is 0 Å². The minimum atomic E-state index is -0.755. The molecule has 2 rings (SSSR count). The molecule has 0 aromatic heterocycles. The van der Waals surface area contributed by atoms with Crippen LogP contribution in [0.15, 0.2) is 39.4 Å². The van der Waals surface area contributed by atoms with Gasteiger partial charge in [0.05, 0.1) is 25.2 Å². The molecule has 0 unspecified atom stereocenters. The van der Waals surface area contributed by atoms with Gasteiger partial charge in [0.25, 0.3) is 0 Å². The van der Waals surface area contributed by atoms with Crippen LogP contribution in [-0.4, -0.2) is 54.9 Å². The summed E-state index contributed by atoms with van der Waals surface area (Å²) in [6, 6.07) is 4.94. The molecule has 10 heteroatoms. The number of hydrogen-bond acceptors (Lipinski definition) is 9. The van der Waals surface area contributed by atoms with E-state index in [1.807, 2.05) is 6.92 Å². The number of rotatable bonds is 10. The third kappa shape index (κ3) is 7.11. The molecule has 33 heavy (non-hydrogen) atoms. The zero-order valence-corrected chi connectivity index (χ0v) is 19.8. The number of aliphatic imine (C=N–C) groups is 1. The Kier molecular flexibility index (Phi) is 9.99. The molecule has 1 N–H and O–H groups in total. The second kappa shape index (κ2) is 12.7. The number of ether oxygens (including phenoxy) is 4. The van der Waals surface area contributed by atoms with Gasteiger partial charge in [-0.05, 0) is 44.0 Å². The van der Waals surface area contributed by atoms with Crippen molar-refractivity contribution in [2.75, 3.05) is 26.9 Å². The van der Waals surface area contributed by atoms with Gasteiger partial charge in [0, 0.05) is 6.42 Å². The second-order valence-corrected chi connectivity index (χ2v) is 7.65. The number of aliphatic hydroxyl groups is 1. The van der Waals surface area contributed by atoms with Gasteiger partial charge >= 0.3 is 11.9 Å². The number of hydrogen-bond donors (Lipinski definition) is 1. The topological polar surface area (TPSA) is 121 Å². The van der Waals surface area contributed by atoms with Gasteiger partial charge in [-0.25, -0.2) is 14.6 Å². The number of esters is 2. The Morgan fingerprint density at radius 2 is 1.82 bits per heavy atom. The molecule has 0 aliphatic carbocycles. The largest absolute Gasteiger partial charge is 0.506 e. The number of aliphatic hydroxyl groups excluding tert-OH is 1. The molecular formula is C23H27NO8S. The molecule has 178 valence electrons. The van der Waals surface area contributed by atoms with Crippen molar-refractivity contribution in [1.29, 1.82) is 0 Å². The smallest absolute Gasteiger partial charge is 0.344 e. The van der Waals surface area contributed by atoms with Crippen molar-refractivity contribution in [2.45, 2.75) is 33.6 Å². The molecule has 1 amide bonds. The Balaban J connectivity index is 2.35. The fourth-order valence-corrected chi connectivity index (χ4v) is 3.79. The van der Waals surface area contributed by atoms with Crippen LogP contribution >= 0.6 is 11.8 Å². The fourth-order valence-electron chi connectivity index (χ4n) is 2.76. The van der Waals surface area contributed by atoms with Crippen molar-refractivity contribution in [3.63, 3.8) is 0 Å².